The van der Waals surface area contributed by atoms with Crippen molar-refractivity contribution in [3.63, 3.8) is 0 Å². The van der Waals surface area contributed by atoms with Crippen LogP contribution < -0.4 is 10.6 Å². The molecule has 1 atom stereocenters. The summed E-state index contributed by atoms with van der Waals surface area (Å²) in [6.07, 6.45) is -1.05. The van der Waals surface area contributed by atoms with Crippen LogP contribution in [-0.4, -0.2) is 36.9 Å². The summed E-state index contributed by atoms with van der Waals surface area (Å²) in [5.41, 5.74) is -0.518. The lowest BCUT2D eigenvalue weighted by atomic mass is 10.2. The van der Waals surface area contributed by atoms with Crippen molar-refractivity contribution in [2.75, 3.05) is 19.2 Å². The Labute approximate surface area is 112 Å². The highest BCUT2D eigenvalue weighted by Gasteiger charge is 2.16. The molecule has 7 heteroatoms. The molecule has 0 bridgehead atoms. The van der Waals surface area contributed by atoms with E-state index in [9.17, 15) is 9.59 Å². The van der Waals surface area contributed by atoms with E-state index >= 15 is 0 Å². The molecule has 1 unspecified atom stereocenters. The first kappa shape index (κ1) is 16.8. The summed E-state index contributed by atoms with van der Waals surface area (Å²) < 4.78 is 9.56. The Hall–Kier alpha value is -1.17. The lowest BCUT2D eigenvalue weighted by Crippen LogP contribution is -2.38. The molecule has 0 saturated carbocycles. The van der Waals surface area contributed by atoms with Crippen molar-refractivity contribution in [1.82, 2.24) is 10.6 Å². The molecule has 0 aromatic carbocycles. The maximum atomic E-state index is 11.3. The summed E-state index contributed by atoms with van der Waals surface area (Å²) >= 11 is 5.22. The van der Waals surface area contributed by atoms with Gasteiger partial charge in [-0.25, -0.2) is 9.59 Å². The van der Waals surface area contributed by atoms with Gasteiger partial charge < -0.3 is 20.1 Å². The number of alkyl carbamates (subject to hydrolysis) is 2. The van der Waals surface area contributed by atoms with Gasteiger partial charge in [-0.3, -0.25) is 0 Å². The smallest absolute Gasteiger partial charge is 0.408 e. The molecule has 0 aromatic heterocycles. The average molecular weight is 281 g/mol. The molecular weight excluding hydrogens is 260 g/mol. The van der Waals surface area contributed by atoms with Crippen LogP contribution >= 0.6 is 11.6 Å². The molecule has 0 fully saturated rings. The predicted molar refractivity (Wildman–Crippen MR) is 68.6 cm³/mol. The zero-order chi connectivity index (χ0) is 14.2. The van der Waals surface area contributed by atoms with Crippen LogP contribution in [0.4, 0.5) is 9.59 Å². The van der Waals surface area contributed by atoms with Crippen molar-refractivity contribution < 1.29 is 19.1 Å². The number of ether oxygens (including phenoxy) is 2. The largest absolute Gasteiger partial charge is 0.444 e. The fraction of sp³-hybridized carbons (Fsp3) is 0.818. The Bertz CT molecular complexity index is 279. The van der Waals surface area contributed by atoms with E-state index < -0.39 is 17.8 Å². The molecule has 0 aromatic rings. The first-order valence-electron chi connectivity index (χ1n) is 5.68. The number of nitrogens with one attached hydrogen (secondary N) is 2. The second kappa shape index (κ2) is 8.02. The van der Waals surface area contributed by atoms with Crippen LogP contribution in [-0.2, 0) is 9.47 Å². The first-order chi connectivity index (χ1) is 8.24. The SMILES string of the molecule is CC(CNC(=O)OCCl)CNC(=O)OC(C)(C)C. The van der Waals surface area contributed by atoms with Gasteiger partial charge in [-0.15, -0.1) is 0 Å². The van der Waals surface area contributed by atoms with Crippen LogP contribution in [0, 0.1) is 5.92 Å². The Morgan fingerprint density at radius 3 is 2.11 bits per heavy atom. The van der Waals surface area contributed by atoms with E-state index in [2.05, 4.69) is 15.4 Å². The fourth-order valence-corrected chi connectivity index (χ4v) is 1.10. The number of carbonyl (C=O) groups excluding carboxylic acids is 2. The number of halogens is 1. The zero-order valence-electron chi connectivity index (χ0n) is 11.2. The van der Waals surface area contributed by atoms with Crippen LogP contribution in [0.15, 0.2) is 0 Å². The molecule has 0 saturated heterocycles. The van der Waals surface area contributed by atoms with Gasteiger partial charge >= 0.3 is 12.2 Å². The van der Waals surface area contributed by atoms with Crippen LogP contribution in [0.1, 0.15) is 27.7 Å². The summed E-state index contributed by atoms with van der Waals surface area (Å²) in [5.74, 6) is 0.0559. The van der Waals surface area contributed by atoms with E-state index in [1.807, 2.05) is 6.92 Å². The third-order valence-electron chi connectivity index (χ3n) is 1.77. The molecule has 2 N–H and O–H groups in total. The van der Waals surface area contributed by atoms with E-state index in [4.69, 9.17) is 16.3 Å². The van der Waals surface area contributed by atoms with Crippen molar-refractivity contribution in [3.8, 4) is 0 Å². The zero-order valence-corrected chi connectivity index (χ0v) is 12.0. The van der Waals surface area contributed by atoms with E-state index in [-0.39, 0.29) is 12.0 Å². The highest BCUT2D eigenvalue weighted by Crippen LogP contribution is 2.06. The van der Waals surface area contributed by atoms with Crippen molar-refractivity contribution >= 4 is 23.8 Å². The van der Waals surface area contributed by atoms with Gasteiger partial charge in [-0.05, 0) is 26.7 Å². The Morgan fingerprint density at radius 2 is 1.67 bits per heavy atom. The molecular formula is C11H21ClN2O4. The maximum Gasteiger partial charge on any atom is 0.408 e. The molecule has 0 rings (SSSR count). The lowest BCUT2D eigenvalue weighted by molar-refractivity contribution is 0.0520. The number of rotatable bonds is 5. The highest BCUT2D eigenvalue weighted by atomic mass is 35.5. The highest BCUT2D eigenvalue weighted by molar-refractivity contribution is 6.17. The van der Waals surface area contributed by atoms with Gasteiger partial charge in [0.1, 0.15) is 5.60 Å². The van der Waals surface area contributed by atoms with Gasteiger partial charge in [0.25, 0.3) is 0 Å². The van der Waals surface area contributed by atoms with Crippen molar-refractivity contribution in [1.29, 1.82) is 0 Å². The topological polar surface area (TPSA) is 76.7 Å². The maximum absolute atomic E-state index is 11.3. The van der Waals surface area contributed by atoms with Gasteiger partial charge in [0.05, 0.1) is 0 Å². The summed E-state index contributed by atoms with van der Waals surface area (Å²) in [6, 6.07) is -0.184. The molecule has 18 heavy (non-hydrogen) atoms. The molecule has 0 aliphatic heterocycles. The molecule has 0 aliphatic carbocycles. The van der Waals surface area contributed by atoms with Crippen molar-refractivity contribution in [2.45, 2.75) is 33.3 Å². The van der Waals surface area contributed by atoms with Crippen molar-refractivity contribution in [3.05, 3.63) is 0 Å². The number of alkyl halides is 1. The Kier molecular flexibility index (Phi) is 7.50. The molecule has 106 valence electrons. The molecule has 0 aliphatic rings. The van der Waals surface area contributed by atoms with Crippen molar-refractivity contribution in [2.24, 2.45) is 5.92 Å². The molecule has 6 nitrogen and oxygen atoms in total. The third kappa shape index (κ3) is 10.0. The second-order valence-electron chi connectivity index (χ2n) is 4.91. The minimum atomic E-state index is -0.575. The number of hydrogen-bond acceptors (Lipinski definition) is 4. The van der Waals surface area contributed by atoms with Gasteiger partial charge in [-0.1, -0.05) is 18.5 Å². The molecule has 0 radical (unpaired) electrons. The van der Waals surface area contributed by atoms with Gasteiger partial charge in [0, 0.05) is 13.1 Å². The number of carbonyl (C=O) groups is 2. The second-order valence-corrected chi connectivity index (χ2v) is 5.13. The lowest BCUT2D eigenvalue weighted by Gasteiger charge is -2.20. The Morgan fingerprint density at radius 1 is 1.17 bits per heavy atom. The predicted octanol–water partition coefficient (Wildman–Crippen LogP) is 2.07. The van der Waals surface area contributed by atoms with Crippen LogP contribution in [0.25, 0.3) is 0 Å². The van der Waals surface area contributed by atoms with E-state index in [1.165, 1.54) is 0 Å². The fourth-order valence-electron chi connectivity index (χ4n) is 1.00. The number of amides is 2. The minimum absolute atomic E-state index is 0.0559. The first-order valence-corrected chi connectivity index (χ1v) is 6.21. The molecule has 0 heterocycles. The summed E-state index contributed by atoms with van der Waals surface area (Å²) in [5, 5.41) is 5.13. The summed E-state index contributed by atoms with van der Waals surface area (Å²) in [6.45, 7) is 8.03. The van der Waals surface area contributed by atoms with E-state index in [0.29, 0.717) is 13.1 Å². The number of hydrogen-bond donors (Lipinski definition) is 2. The van der Waals surface area contributed by atoms with Gasteiger partial charge in [0.2, 0.25) is 0 Å². The normalized spacial score (nSPS) is 12.5. The molecule has 0 spiro atoms. The standard InChI is InChI=1S/C11H21ClN2O4/c1-8(5-13-9(15)17-7-12)6-14-10(16)18-11(2,3)4/h8H,5-7H2,1-4H3,(H,13,15)(H,14,16). The molecule has 2 amide bonds. The van der Waals surface area contributed by atoms with E-state index in [1.54, 1.807) is 20.8 Å². The van der Waals surface area contributed by atoms with E-state index in [0.717, 1.165) is 0 Å². The minimum Gasteiger partial charge on any atom is -0.444 e. The van der Waals surface area contributed by atoms with Crippen LogP contribution in [0.2, 0.25) is 0 Å². The quantitative estimate of drug-likeness (QED) is 0.756. The van der Waals surface area contributed by atoms with Gasteiger partial charge in [0.15, 0.2) is 6.07 Å². The van der Waals surface area contributed by atoms with Gasteiger partial charge in [-0.2, -0.15) is 0 Å². The summed E-state index contributed by atoms with van der Waals surface area (Å²) in [7, 11) is 0. The Balaban J connectivity index is 3.73. The monoisotopic (exact) mass is 280 g/mol. The van der Waals surface area contributed by atoms with Crippen LogP contribution in [0.5, 0.6) is 0 Å². The average Bonchev–Trinajstić information content (AvgIpc) is 2.21. The summed E-state index contributed by atoms with van der Waals surface area (Å²) in [4.78, 5) is 22.3. The van der Waals surface area contributed by atoms with Crippen LogP contribution in [0.3, 0.4) is 0 Å². The third-order valence-corrected chi connectivity index (χ3v) is 1.88.